The maximum atomic E-state index is 12.7. The minimum absolute atomic E-state index is 0.0180. The first-order valence-corrected chi connectivity index (χ1v) is 12.0. The van der Waals surface area contributed by atoms with Gasteiger partial charge in [0.15, 0.2) is 5.78 Å². The molecule has 34 heavy (non-hydrogen) atoms. The number of nitrogens with zero attached hydrogens (tertiary/aromatic N) is 1. The molecule has 0 unspecified atom stereocenters. The van der Waals surface area contributed by atoms with Crippen molar-refractivity contribution in [3.8, 4) is 11.5 Å². The number of rotatable bonds is 8. The predicted octanol–water partition coefficient (Wildman–Crippen LogP) is 7.12. The van der Waals surface area contributed by atoms with E-state index < -0.39 is 0 Å². The van der Waals surface area contributed by atoms with E-state index in [-0.39, 0.29) is 5.78 Å². The third-order valence-electron chi connectivity index (χ3n) is 6.12. The molecule has 4 rings (SSSR count). The van der Waals surface area contributed by atoms with Crippen LogP contribution in [0.4, 0.5) is 5.69 Å². The molecule has 0 spiro atoms. The molecule has 1 heterocycles. The molecule has 3 aromatic carbocycles. The number of methoxy groups -OCH3 is 1. The van der Waals surface area contributed by atoms with E-state index in [1.54, 1.807) is 13.2 Å². The fraction of sp³-hybridized carbons (Fsp3) is 0.276. The van der Waals surface area contributed by atoms with Crippen molar-refractivity contribution in [1.82, 2.24) is 0 Å². The molecule has 3 aromatic rings. The molecule has 176 valence electrons. The molecule has 0 aromatic heterocycles. The molecule has 0 N–H and O–H groups in total. The second-order valence-corrected chi connectivity index (χ2v) is 9.00. The number of anilines is 1. The van der Waals surface area contributed by atoms with E-state index in [9.17, 15) is 4.79 Å². The number of ether oxygens (including phenoxy) is 2. The SMILES string of the molecule is COc1ccc(/C=C/C(=O)c2ccc(N3CCCCC3)cc2)cc1COc1ccc(Cl)cc1C. The molecule has 5 heteroatoms. The van der Waals surface area contributed by atoms with Crippen molar-refractivity contribution < 1.29 is 14.3 Å². The Morgan fingerprint density at radius 1 is 0.971 bits per heavy atom. The Bertz CT molecular complexity index is 1160. The van der Waals surface area contributed by atoms with Crippen LogP contribution in [-0.4, -0.2) is 26.0 Å². The molecule has 0 bridgehead atoms. The van der Waals surface area contributed by atoms with Crippen LogP contribution in [0.1, 0.15) is 46.3 Å². The molecule has 0 atom stereocenters. The maximum absolute atomic E-state index is 12.7. The number of aryl methyl sites for hydroxylation is 1. The van der Waals surface area contributed by atoms with E-state index in [1.807, 2.05) is 73.7 Å². The third kappa shape index (κ3) is 6.00. The fourth-order valence-electron chi connectivity index (χ4n) is 4.20. The molecule has 0 aliphatic carbocycles. The molecule has 0 radical (unpaired) electrons. The number of halogens is 1. The predicted molar refractivity (Wildman–Crippen MR) is 139 cm³/mol. The van der Waals surface area contributed by atoms with Crippen molar-refractivity contribution >= 4 is 29.1 Å². The zero-order valence-corrected chi connectivity index (χ0v) is 20.5. The summed E-state index contributed by atoms with van der Waals surface area (Å²) in [5.74, 6) is 1.49. The van der Waals surface area contributed by atoms with E-state index in [2.05, 4.69) is 4.90 Å². The van der Waals surface area contributed by atoms with E-state index in [1.165, 1.54) is 24.9 Å². The first-order chi connectivity index (χ1) is 16.5. The number of ketones is 1. The van der Waals surface area contributed by atoms with E-state index in [4.69, 9.17) is 21.1 Å². The van der Waals surface area contributed by atoms with Crippen molar-refractivity contribution in [2.24, 2.45) is 0 Å². The highest BCUT2D eigenvalue weighted by Gasteiger charge is 2.12. The lowest BCUT2D eigenvalue weighted by atomic mass is 10.1. The standard InChI is InChI=1S/C29H30ClNO3/c1-21-18-25(30)10-15-28(21)34-20-24-19-22(7-14-29(24)33-2)6-13-27(32)23-8-11-26(12-9-23)31-16-4-3-5-17-31/h6-15,18-19H,3-5,16-17,20H2,1-2H3/b13-6+. The Hall–Kier alpha value is -3.24. The topological polar surface area (TPSA) is 38.8 Å². The molecule has 0 amide bonds. The first kappa shape index (κ1) is 23.9. The van der Waals surface area contributed by atoms with Gasteiger partial charge in [-0.1, -0.05) is 23.7 Å². The van der Waals surface area contributed by atoms with Gasteiger partial charge in [0.25, 0.3) is 0 Å². The summed E-state index contributed by atoms with van der Waals surface area (Å²) in [4.78, 5) is 15.1. The molecular weight excluding hydrogens is 446 g/mol. The quantitative estimate of drug-likeness (QED) is 0.257. The Morgan fingerprint density at radius 2 is 1.71 bits per heavy atom. The van der Waals surface area contributed by atoms with Gasteiger partial charge < -0.3 is 14.4 Å². The first-order valence-electron chi connectivity index (χ1n) is 11.7. The van der Waals surface area contributed by atoms with Gasteiger partial charge >= 0.3 is 0 Å². The summed E-state index contributed by atoms with van der Waals surface area (Å²) in [6.45, 7) is 4.49. The van der Waals surface area contributed by atoms with Crippen LogP contribution >= 0.6 is 11.6 Å². The molecule has 1 fully saturated rings. The summed E-state index contributed by atoms with van der Waals surface area (Å²) in [6.07, 6.45) is 7.22. The molecule has 1 saturated heterocycles. The zero-order valence-electron chi connectivity index (χ0n) is 19.7. The van der Waals surface area contributed by atoms with E-state index in [0.717, 1.165) is 41.3 Å². The summed E-state index contributed by atoms with van der Waals surface area (Å²) >= 11 is 6.04. The second-order valence-electron chi connectivity index (χ2n) is 8.56. The van der Waals surface area contributed by atoms with Gasteiger partial charge in [0.1, 0.15) is 18.1 Å². The van der Waals surface area contributed by atoms with E-state index >= 15 is 0 Å². The summed E-state index contributed by atoms with van der Waals surface area (Å²) in [5.41, 5.74) is 4.66. The van der Waals surface area contributed by atoms with Gasteiger partial charge in [-0.25, -0.2) is 0 Å². The maximum Gasteiger partial charge on any atom is 0.185 e. The van der Waals surface area contributed by atoms with Crippen LogP contribution in [0.3, 0.4) is 0 Å². The van der Waals surface area contributed by atoms with Crippen molar-refractivity contribution in [3.63, 3.8) is 0 Å². The van der Waals surface area contributed by atoms with Crippen LogP contribution in [0, 0.1) is 6.92 Å². The average Bonchev–Trinajstić information content (AvgIpc) is 2.87. The zero-order chi connectivity index (χ0) is 23.9. The van der Waals surface area contributed by atoms with Gasteiger partial charge in [0, 0.05) is 34.9 Å². The Kier molecular flexibility index (Phi) is 7.91. The summed E-state index contributed by atoms with van der Waals surface area (Å²) in [5, 5.41) is 0.681. The minimum Gasteiger partial charge on any atom is -0.496 e. The molecular formula is C29H30ClNO3. The summed E-state index contributed by atoms with van der Waals surface area (Å²) < 4.78 is 11.5. The number of carbonyl (C=O) groups is 1. The van der Waals surface area contributed by atoms with Crippen molar-refractivity contribution in [2.45, 2.75) is 32.8 Å². The number of allylic oxidation sites excluding steroid dienone is 1. The van der Waals surface area contributed by atoms with Crippen molar-refractivity contribution in [2.75, 3.05) is 25.1 Å². The average molecular weight is 476 g/mol. The van der Waals surface area contributed by atoms with Crippen molar-refractivity contribution in [3.05, 3.63) is 94.0 Å². The highest BCUT2D eigenvalue weighted by atomic mass is 35.5. The Balaban J connectivity index is 1.43. The van der Waals surface area contributed by atoms with Crippen LogP contribution in [-0.2, 0) is 6.61 Å². The highest BCUT2D eigenvalue weighted by Crippen LogP contribution is 2.26. The lowest BCUT2D eigenvalue weighted by Gasteiger charge is -2.28. The highest BCUT2D eigenvalue weighted by molar-refractivity contribution is 6.30. The van der Waals surface area contributed by atoms with Gasteiger partial charge in [-0.05, 0) is 98.0 Å². The number of carbonyl (C=O) groups excluding carboxylic acids is 1. The minimum atomic E-state index is -0.0180. The lowest BCUT2D eigenvalue weighted by Crippen LogP contribution is -2.29. The normalized spacial score (nSPS) is 13.8. The molecule has 4 nitrogen and oxygen atoms in total. The number of piperidine rings is 1. The van der Waals surface area contributed by atoms with Crippen LogP contribution in [0.2, 0.25) is 5.02 Å². The molecule has 0 saturated carbocycles. The summed E-state index contributed by atoms with van der Waals surface area (Å²) in [6, 6.07) is 19.3. The van der Waals surface area contributed by atoms with Gasteiger partial charge in [-0.3, -0.25) is 4.79 Å². The monoisotopic (exact) mass is 475 g/mol. The van der Waals surface area contributed by atoms with Crippen LogP contribution < -0.4 is 14.4 Å². The van der Waals surface area contributed by atoms with E-state index in [0.29, 0.717) is 17.2 Å². The summed E-state index contributed by atoms with van der Waals surface area (Å²) in [7, 11) is 1.64. The van der Waals surface area contributed by atoms with Crippen LogP contribution in [0.25, 0.3) is 6.08 Å². The smallest absolute Gasteiger partial charge is 0.185 e. The van der Waals surface area contributed by atoms with Gasteiger partial charge in [-0.15, -0.1) is 0 Å². The van der Waals surface area contributed by atoms with Gasteiger partial charge in [-0.2, -0.15) is 0 Å². The third-order valence-corrected chi connectivity index (χ3v) is 6.36. The fourth-order valence-corrected chi connectivity index (χ4v) is 4.43. The molecule has 1 aliphatic rings. The molecule has 1 aliphatic heterocycles. The Labute approximate surface area is 206 Å². The van der Waals surface area contributed by atoms with Crippen molar-refractivity contribution in [1.29, 1.82) is 0 Å². The number of benzene rings is 3. The Morgan fingerprint density at radius 3 is 2.41 bits per heavy atom. The van der Waals surface area contributed by atoms with Crippen LogP contribution in [0.15, 0.2) is 66.7 Å². The van der Waals surface area contributed by atoms with Crippen LogP contribution in [0.5, 0.6) is 11.5 Å². The van der Waals surface area contributed by atoms with Gasteiger partial charge in [0.2, 0.25) is 0 Å². The number of hydrogen-bond donors (Lipinski definition) is 0. The van der Waals surface area contributed by atoms with Gasteiger partial charge in [0.05, 0.1) is 7.11 Å². The second kappa shape index (κ2) is 11.3. The largest absolute Gasteiger partial charge is 0.496 e. The lowest BCUT2D eigenvalue weighted by molar-refractivity contribution is 0.104. The number of hydrogen-bond acceptors (Lipinski definition) is 4.